The fourth-order valence-electron chi connectivity index (χ4n) is 2.31. The van der Waals surface area contributed by atoms with Gasteiger partial charge in [-0.05, 0) is 42.0 Å². The van der Waals surface area contributed by atoms with Gasteiger partial charge in [0.25, 0.3) is 0 Å². The summed E-state index contributed by atoms with van der Waals surface area (Å²) < 4.78 is 0. The number of halogens is 1. The molecular weight excluding hydrogens is 360 g/mol. The Hall–Kier alpha value is -1.69. The third-order valence-electron chi connectivity index (χ3n) is 3.50. The molecular formula is C18H17ClN2OS2. The van der Waals surface area contributed by atoms with Gasteiger partial charge in [0.15, 0.2) is 5.13 Å². The first-order chi connectivity index (χ1) is 11.7. The van der Waals surface area contributed by atoms with Gasteiger partial charge in [0.05, 0.1) is 0 Å². The van der Waals surface area contributed by atoms with Gasteiger partial charge >= 0.3 is 0 Å². The van der Waals surface area contributed by atoms with Crippen LogP contribution in [-0.4, -0.2) is 10.9 Å². The molecule has 24 heavy (non-hydrogen) atoms. The van der Waals surface area contributed by atoms with Gasteiger partial charge in [-0.1, -0.05) is 29.8 Å². The van der Waals surface area contributed by atoms with Crippen molar-refractivity contribution in [3.8, 4) is 0 Å². The van der Waals surface area contributed by atoms with E-state index in [4.69, 9.17) is 11.6 Å². The van der Waals surface area contributed by atoms with E-state index in [1.54, 1.807) is 11.3 Å². The topological polar surface area (TPSA) is 42.0 Å². The number of benzene rings is 1. The normalized spacial score (nSPS) is 10.7. The predicted molar refractivity (Wildman–Crippen MR) is 102 cm³/mol. The highest BCUT2D eigenvalue weighted by molar-refractivity contribution is 7.15. The molecule has 1 aromatic carbocycles. The van der Waals surface area contributed by atoms with Crippen LogP contribution in [0, 0.1) is 0 Å². The first-order valence-corrected chi connectivity index (χ1v) is 9.78. The number of aryl methyl sites for hydroxylation is 1. The Bertz CT molecular complexity index is 782. The summed E-state index contributed by atoms with van der Waals surface area (Å²) in [5, 5.41) is 6.35. The number of hydrogen-bond acceptors (Lipinski definition) is 4. The van der Waals surface area contributed by atoms with Crippen LogP contribution in [0.4, 0.5) is 5.13 Å². The van der Waals surface area contributed by atoms with Crippen LogP contribution < -0.4 is 5.32 Å². The number of carbonyl (C=O) groups is 1. The van der Waals surface area contributed by atoms with Crippen LogP contribution in [0.5, 0.6) is 0 Å². The lowest BCUT2D eigenvalue weighted by Crippen LogP contribution is -2.11. The number of anilines is 1. The van der Waals surface area contributed by atoms with Gasteiger partial charge in [-0.3, -0.25) is 4.79 Å². The Morgan fingerprint density at radius 2 is 2.00 bits per heavy atom. The molecule has 1 amide bonds. The molecule has 0 spiro atoms. The number of aromatic nitrogens is 1. The Balaban J connectivity index is 1.46. The Morgan fingerprint density at radius 1 is 1.17 bits per heavy atom. The van der Waals surface area contributed by atoms with Gasteiger partial charge in [-0.2, -0.15) is 0 Å². The summed E-state index contributed by atoms with van der Waals surface area (Å²) in [6.07, 6.45) is 4.94. The second-order valence-electron chi connectivity index (χ2n) is 5.42. The summed E-state index contributed by atoms with van der Waals surface area (Å²) in [6, 6.07) is 11.9. The van der Waals surface area contributed by atoms with E-state index in [-0.39, 0.29) is 5.91 Å². The summed E-state index contributed by atoms with van der Waals surface area (Å²) in [5.41, 5.74) is 1.18. The minimum Gasteiger partial charge on any atom is -0.302 e. The molecule has 3 nitrogen and oxygen atoms in total. The van der Waals surface area contributed by atoms with Crippen molar-refractivity contribution >= 4 is 45.3 Å². The number of nitrogens with one attached hydrogen (secondary N) is 1. The lowest BCUT2D eigenvalue weighted by Gasteiger charge is -2.01. The Kier molecular flexibility index (Phi) is 6.01. The summed E-state index contributed by atoms with van der Waals surface area (Å²) in [4.78, 5) is 18.7. The van der Waals surface area contributed by atoms with Gasteiger partial charge in [0.2, 0.25) is 5.91 Å². The summed E-state index contributed by atoms with van der Waals surface area (Å²) in [7, 11) is 0. The van der Waals surface area contributed by atoms with Crippen molar-refractivity contribution in [3.05, 3.63) is 68.3 Å². The molecule has 0 aliphatic rings. The minimum atomic E-state index is 0.0268. The minimum absolute atomic E-state index is 0.0268. The first kappa shape index (κ1) is 17.1. The SMILES string of the molecule is O=C(CCCc1cccs1)Nc1ncc(Cc2ccc(Cl)cc2)s1. The molecule has 124 valence electrons. The van der Waals surface area contributed by atoms with Crippen LogP contribution in [-0.2, 0) is 17.6 Å². The number of thiazole rings is 1. The van der Waals surface area contributed by atoms with Crippen LogP contribution in [0.1, 0.15) is 28.2 Å². The predicted octanol–water partition coefficient (Wildman–Crippen LogP) is 5.41. The second-order valence-corrected chi connectivity index (χ2v) is 8.00. The largest absolute Gasteiger partial charge is 0.302 e. The van der Waals surface area contributed by atoms with Gasteiger partial charge in [-0.15, -0.1) is 22.7 Å². The molecule has 0 atom stereocenters. The van der Waals surface area contributed by atoms with Crippen molar-refractivity contribution in [1.82, 2.24) is 4.98 Å². The van der Waals surface area contributed by atoms with Crippen molar-refractivity contribution in [2.45, 2.75) is 25.7 Å². The summed E-state index contributed by atoms with van der Waals surface area (Å²) in [6.45, 7) is 0. The number of rotatable bonds is 7. The van der Waals surface area contributed by atoms with Gasteiger partial charge < -0.3 is 5.32 Å². The third-order valence-corrected chi connectivity index (χ3v) is 5.60. The Morgan fingerprint density at radius 3 is 2.75 bits per heavy atom. The van der Waals surface area contributed by atoms with Crippen molar-refractivity contribution in [1.29, 1.82) is 0 Å². The molecule has 0 saturated carbocycles. The van der Waals surface area contributed by atoms with E-state index in [2.05, 4.69) is 21.7 Å². The monoisotopic (exact) mass is 376 g/mol. The average Bonchev–Trinajstić information content (AvgIpc) is 3.22. The number of amides is 1. The Labute approximate surface area is 154 Å². The maximum Gasteiger partial charge on any atom is 0.226 e. The fourth-order valence-corrected chi connectivity index (χ4v) is 4.05. The van der Waals surface area contributed by atoms with Gasteiger partial charge in [0.1, 0.15) is 0 Å². The van der Waals surface area contributed by atoms with E-state index in [1.165, 1.54) is 21.8 Å². The molecule has 3 rings (SSSR count). The highest BCUT2D eigenvalue weighted by Gasteiger charge is 2.08. The standard InChI is InChI=1S/C18H17ClN2OS2/c19-14-8-6-13(7-9-14)11-16-12-20-18(24-16)21-17(22)5-1-3-15-4-2-10-23-15/h2,4,6-10,12H,1,3,5,11H2,(H,20,21,22). The van der Waals surface area contributed by atoms with E-state index in [9.17, 15) is 4.79 Å². The molecule has 6 heteroatoms. The lowest BCUT2D eigenvalue weighted by molar-refractivity contribution is -0.116. The van der Waals surface area contributed by atoms with Crippen molar-refractivity contribution < 1.29 is 4.79 Å². The molecule has 0 aliphatic carbocycles. The van der Waals surface area contributed by atoms with Crippen molar-refractivity contribution in [2.24, 2.45) is 0 Å². The zero-order valence-electron chi connectivity index (χ0n) is 13.0. The molecule has 0 aliphatic heterocycles. The molecule has 2 heterocycles. The van der Waals surface area contributed by atoms with Crippen LogP contribution in [0.3, 0.4) is 0 Å². The third kappa shape index (κ3) is 5.16. The quantitative estimate of drug-likeness (QED) is 0.599. The molecule has 0 saturated heterocycles. The molecule has 0 bridgehead atoms. The van der Waals surface area contributed by atoms with Crippen LogP contribution in [0.2, 0.25) is 5.02 Å². The van der Waals surface area contributed by atoms with E-state index in [0.717, 1.165) is 29.2 Å². The van der Waals surface area contributed by atoms with Crippen LogP contribution >= 0.6 is 34.3 Å². The molecule has 2 aromatic heterocycles. The number of carbonyl (C=O) groups excluding carboxylic acids is 1. The fraction of sp³-hybridized carbons (Fsp3) is 0.222. The zero-order chi connectivity index (χ0) is 16.8. The first-order valence-electron chi connectivity index (χ1n) is 7.70. The summed E-state index contributed by atoms with van der Waals surface area (Å²) >= 11 is 9.14. The average molecular weight is 377 g/mol. The molecule has 0 radical (unpaired) electrons. The van der Waals surface area contributed by atoms with Crippen LogP contribution in [0.15, 0.2) is 48.0 Å². The number of thiophene rings is 1. The maximum absolute atomic E-state index is 12.0. The van der Waals surface area contributed by atoms with Gasteiger partial charge in [0, 0.05) is 33.8 Å². The maximum atomic E-state index is 12.0. The lowest BCUT2D eigenvalue weighted by atomic mass is 10.1. The van der Waals surface area contributed by atoms with Gasteiger partial charge in [-0.25, -0.2) is 4.98 Å². The van der Waals surface area contributed by atoms with Crippen molar-refractivity contribution in [3.63, 3.8) is 0 Å². The van der Waals surface area contributed by atoms with Crippen LogP contribution in [0.25, 0.3) is 0 Å². The smallest absolute Gasteiger partial charge is 0.226 e. The molecule has 0 fully saturated rings. The van der Waals surface area contributed by atoms with E-state index < -0.39 is 0 Å². The van der Waals surface area contributed by atoms with E-state index in [1.807, 2.05) is 36.5 Å². The highest BCUT2D eigenvalue weighted by Crippen LogP contribution is 2.22. The van der Waals surface area contributed by atoms with E-state index in [0.29, 0.717) is 11.6 Å². The second kappa shape index (κ2) is 8.42. The molecule has 1 N–H and O–H groups in total. The number of hydrogen-bond donors (Lipinski definition) is 1. The summed E-state index contributed by atoms with van der Waals surface area (Å²) in [5.74, 6) is 0.0268. The molecule has 0 unspecified atom stereocenters. The number of nitrogens with zero attached hydrogens (tertiary/aromatic N) is 1. The van der Waals surface area contributed by atoms with E-state index >= 15 is 0 Å². The molecule has 3 aromatic rings. The highest BCUT2D eigenvalue weighted by atomic mass is 35.5. The zero-order valence-corrected chi connectivity index (χ0v) is 15.4. The van der Waals surface area contributed by atoms with Crippen molar-refractivity contribution in [2.75, 3.05) is 5.32 Å².